The predicted octanol–water partition coefficient (Wildman–Crippen LogP) is 3.41. The second-order valence-electron chi connectivity index (χ2n) is 6.18. The Morgan fingerprint density at radius 1 is 1.21 bits per heavy atom. The van der Waals surface area contributed by atoms with Crippen molar-refractivity contribution in [3.8, 4) is 5.75 Å². The Morgan fingerprint density at radius 3 is 2.75 bits per heavy atom. The third-order valence-electron chi connectivity index (χ3n) is 4.24. The number of rotatable bonds is 5. The molecule has 0 atom stereocenters. The minimum absolute atomic E-state index is 0.181. The number of nitrogens with zero attached hydrogens (tertiary/aromatic N) is 2. The number of carbonyl (C=O) groups is 1. The first-order valence-corrected chi connectivity index (χ1v) is 9.98. The fourth-order valence-electron chi connectivity index (χ4n) is 2.88. The fourth-order valence-corrected chi connectivity index (χ4v) is 3.71. The quantitative estimate of drug-likeness (QED) is 0.777. The van der Waals surface area contributed by atoms with Gasteiger partial charge in [0.1, 0.15) is 11.5 Å². The topological polar surface area (TPSA) is 76.3 Å². The third-order valence-corrected chi connectivity index (χ3v) is 5.15. The lowest BCUT2D eigenvalue weighted by molar-refractivity contribution is -0.115. The van der Waals surface area contributed by atoms with Gasteiger partial charge in [-0.2, -0.15) is 0 Å². The number of hydrogen-bond acceptors (Lipinski definition) is 7. The van der Waals surface area contributed by atoms with E-state index in [1.165, 1.54) is 11.8 Å². The van der Waals surface area contributed by atoms with Gasteiger partial charge in [0.2, 0.25) is 0 Å². The first kappa shape index (κ1) is 18.6. The van der Waals surface area contributed by atoms with Crippen molar-refractivity contribution < 1.29 is 18.7 Å². The van der Waals surface area contributed by atoms with Gasteiger partial charge in [0.25, 0.3) is 5.91 Å². The van der Waals surface area contributed by atoms with Crippen LogP contribution in [0.5, 0.6) is 5.75 Å². The van der Waals surface area contributed by atoms with Crippen LogP contribution in [0.15, 0.2) is 50.7 Å². The summed E-state index contributed by atoms with van der Waals surface area (Å²) in [5.74, 6) is 2.05. The van der Waals surface area contributed by atoms with Gasteiger partial charge >= 0.3 is 0 Å². The van der Waals surface area contributed by atoms with Crippen molar-refractivity contribution in [1.82, 2.24) is 5.32 Å². The molecule has 2 saturated heterocycles. The van der Waals surface area contributed by atoms with Crippen LogP contribution >= 0.6 is 11.8 Å². The molecule has 0 radical (unpaired) electrons. The van der Waals surface area contributed by atoms with Crippen LogP contribution in [0.1, 0.15) is 12.7 Å². The van der Waals surface area contributed by atoms with Crippen LogP contribution < -0.4 is 15.0 Å². The van der Waals surface area contributed by atoms with E-state index in [1.54, 1.807) is 6.08 Å². The van der Waals surface area contributed by atoms with Crippen molar-refractivity contribution in [1.29, 1.82) is 0 Å². The summed E-state index contributed by atoms with van der Waals surface area (Å²) in [6.07, 6.45) is 1.74. The highest BCUT2D eigenvalue weighted by Crippen LogP contribution is 2.30. The van der Waals surface area contributed by atoms with Crippen LogP contribution in [-0.4, -0.2) is 44.0 Å². The molecule has 1 amide bonds. The zero-order valence-electron chi connectivity index (χ0n) is 15.5. The number of amidine groups is 1. The summed E-state index contributed by atoms with van der Waals surface area (Å²) in [5, 5.41) is 3.33. The molecular formula is C20H21N3O4S. The zero-order valence-corrected chi connectivity index (χ0v) is 16.3. The van der Waals surface area contributed by atoms with Gasteiger partial charge in [-0.3, -0.25) is 4.79 Å². The van der Waals surface area contributed by atoms with Gasteiger partial charge in [0.15, 0.2) is 11.1 Å². The highest BCUT2D eigenvalue weighted by atomic mass is 32.2. The molecule has 0 saturated carbocycles. The highest BCUT2D eigenvalue weighted by Gasteiger charge is 2.24. The van der Waals surface area contributed by atoms with E-state index in [-0.39, 0.29) is 5.91 Å². The maximum atomic E-state index is 12.3. The monoisotopic (exact) mass is 399 g/mol. The van der Waals surface area contributed by atoms with Gasteiger partial charge in [0.05, 0.1) is 30.4 Å². The number of benzene rings is 1. The van der Waals surface area contributed by atoms with Gasteiger partial charge in [-0.05, 0) is 49.0 Å². The second-order valence-corrected chi connectivity index (χ2v) is 7.21. The normalized spacial score (nSPS) is 20.0. The summed E-state index contributed by atoms with van der Waals surface area (Å²) in [5.41, 5.74) is 0.750. The van der Waals surface area contributed by atoms with Crippen LogP contribution in [-0.2, 0) is 9.53 Å². The summed E-state index contributed by atoms with van der Waals surface area (Å²) in [6.45, 7) is 5.56. The molecule has 2 aliphatic heterocycles. The van der Waals surface area contributed by atoms with Crippen molar-refractivity contribution in [3.05, 3.63) is 47.1 Å². The number of aliphatic imine (C=N–C) groups is 1. The van der Waals surface area contributed by atoms with E-state index >= 15 is 0 Å². The van der Waals surface area contributed by atoms with E-state index in [4.69, 9.17) is 13.9 Å². The molecule has 1 aromatic heterocycles. The Labute approximate surface area is 167 Å². The molecule has 146 valence electrons. The molecule has 8 heteroatoms. The SMILES string of the molecule is CCOc1ccc(N=C2NC(=O)/C(=C\c3ccc(N4CCOCC4)o3)S2)cc1. The molecule has 2 aromatic rings. The van der Waals surface area contributed by atoms with Crippen molar-refractivity contribution in [2.24, 2.45) is 4.99 Å². The lowest BCUT2D eigenvalue weighted by Gasteiger charge is -2.26. The van der Waals surface area contributed by atoms with Crippen molar-refractivity contribution in [2.45, 2.75) is 6.92 Å². The minimum atomic E-state index is -0.181. The van der Waals surface area contributed by atoms with Gasteiger partial charge in [-0.25, -0.2) is 4.99 Å². The number of nitrogens with one attached hydrogen (secondary N) is 1. The van der Waals surface area contributed by atoms with Gasteiger partial charge in [-0.1, -0.05) is 0 Å². The molecule has 4 rings (SSSR count). The number of ether oxygens (including phenoxy) is 2. The number of thioether (sulfide) groups is 1. The number of anilines is 1. The smallest absolute Gasteiger partial charge is 0.264 e. The molecule has 2 fully saturated rings. The Balaban J connectivity index is 1.44. The average Bonchev–Trinajstić information content (AvgIpc) is 3.31. The van der Waals surface area contributed by atoms with Gasteiger partial charge < -0.3 is 24.1 Å². The third kappa shape index (κ3) is 4.40. The minimum Gasteiger partial charge on any atom is -0.494 e. The summed E-state index contributed by atoms with van der Waals surface area (Å²) in [4.78, 5) is 19.4. The van der Waals surface area contributed by atoms with Crippen molar-refractivity contribution >= 4 is 40.5 Å². The number of furan rings is 1. The molecule has 0 bridgehead atoms. The zero-order chi connectivity index (χ0) is 19.3. The van der Waals surface area contributed by atoms with Crippen LogP contribution in [0.4, 0.5) is 11.6 Å². The van der Waals surface area contributed by atoms with Gasteiger partial charge in [0, 0.05) is 25.2 Å². The maximum absolute atomic E-state index is 12.3. The summed E-state index contributed by atoms with van der Waals surface area (Å²) < 4.78 is 16.7. The Bertz CT molecular complexity index is 898. The van der Waals surface area contributed by atoms with Crippen molar-refractivity contribution in [3.63, 3.8) is 0 Å². The molecule has 2 aliphatic rings. The Hall–Kier alpha value is -2.71. The Kier molecular flexibility index (Phi) is 5.68. The van der Waals surface area contributed by atoms with Crippen LogP contribution in [0.3, 0.4) is 0 Å². The van der Waals surface area contributed by atoms with Crippen LogP contribution in [0, 0.1) is 0 Å². The fraction of sp³-hybridized carbons (Fsp3) is 0.300. The van der Waals surface area contributed by atoms with E-state index in [1.807, 2.05) is 43.3 Å². The lowest BCUT2D eigenvalue weighted by atomic mass is 10.3. The van der Waals surface area contributed by atoms with E-state index in [9.17, 15) is 4.79 Å². The first-order chi connectivity index (χ1) is 13.7. The van der Waals surface area contributed by atoms with Gasteiger partial charge in [-0.15, -0.1) is 0 Å². The maximum Gasteiger partial charge on any atom is 0.264 e. The second kappa shape index (κ2) is 8.53. The van der Waals surface area contributed by atoms with E-state index in [0.29, 0.717) is 35.7 Å². The molecule has 1 N–H and O–H groups in total. The molecule has 1 aromatic carbocycles. The molecule has 0 unspecified atom stereocenters. The van der Waals surface area contributed by atoms with E-state index < -0.39 is 0 Å². The standard InChI is InChI=1S/C20H21N3O4S/c1-2-26-15-5-3-14(4-6-15)21-20-22-19(24)17(28-20)13-16-7-8-18(27-16)23-9-11-25-12-10-23/h3-8,13H,2,9-12H2,1H3,(H,21,22,24)/b17-13+. The number of carbonyl (C=O) groups excluding carboxylic acids is 1. The summed E-state index contributed by atoms with van der Waals surface area (Å²) >= 11 is 1.29. The molecule has 3 heterocycles. The summed E-state index contributed by atoms with van der Waals surface area (Å²) in [6, 6.07) is 11.2. The van der Waals surface area contributed by atoms with Crippen LogP contribution in [0.25, 0.3) is 6.08 Å². The molecule has 7 nitrogen and oxygen atoms in total. The van der Waals surface area contributed by atoms with Crippen molar-refractivity contribution in [2.75, 3.05) is 37.8 Å². The van der Waals surface area contributed by atoms with Crippen LogP contribution in [0.2, 0.25) is 0 Å². The van der Waals surface area contributed by atoms with E-state index in [0.717, 1.165) is 30.4 Å². The number of morpholine rings is 1. The largest absolute Gasteiger partial charge is 0.494 e. The highest BCUT2D eigenvalue weighted by molar-refractivity contribution is 8.18. The Morgan fingerprint density at radius 2 is 2.00 bits per heavy atom. The molecule has 0 spiro atoms. The lowest BCUT2D eigenvalue weighted by Crippen LogP contribution is -2.35. The molecule has 28 heavy (non-hydrogen) atoms. The number of amides is 1. The number of hydrogen-bond donors (Lipinski definition) is 1. The molecule has 0 aliphatic carbocycles. The van der Waals surface area contributed by atoms with E-state index in [2.05, 4.69) is 15.2 Å². The molecular weight excluding hydrogens is 378 g/mol. The summed E-state index contributed by atoms with van der Waals surface area (Å²) in [7, 11) is 0. The first-order valence-electron chi connectivity index (χ1n) is 9.16. The predicted molar refractivity (Wildman–Crippen MR) is 110 cm³/mol. The average molecular weight is 399 g/mol.